The maximum atomic E-state index is 12.4. The summed E-state index contributed by atoms with van der Waals surface area (Å²) >= 11 is 4.54. The van der Waals surface area contributed by atoms with Gasteiger partial charge in [-0.2, -0.15) is 4.31 Å². The minimum atomic E-state index is -3.35. The third kappa shape index (κ3) is 2.73. The van der Waals surface area contributed by atoms with Gasteiger partial charge in [-0.05, 0) is 40.9 Å². The third-order valence-electron chi connectivity index (χ3n) is 2.79. The van der Waals surface area contributed by atoms with E-state index in [1.165, 1.54) is 11.3 Å². The van der Waals surface area contributed by atoms with Gasteiger partial charge in [-0.15, -0.1) is 11.3 Å². The van der Waals surface area contributed by atoms with Crippen molar-refractivity contribution in [1.29, 1.82) is 0 Å². The van der Waals surface area contributed by atoms with E-state index in [0.29, 0.717) is 17.4 Å². The summed E-state index contributed by atoms with van der Waals surface area (Å²) in [6, 6.07) is 3.39. The summed E-state index contributed by atoms with van der Waals surface area (Å²) in [7, 11) is -1.75. The van der Waals surface area contributed by atoms with Gasteiger partial charge in [0.1, 0.15) is 4.21 Å². The van der Waals surface area contributed by atoms with Gasteiger partial charge in [0.2, 0.25) is 0 Å². The number of hydrogen-bond acceptors (Lipinski definition) is 4. The van der Waals surface area contributed by atoms with E-state index in [9.17, 15) is 8.42 Å². The molecule has 2 heterocycles. The summed E-state index contributed by atoms with van der Waals surface area (Å²) in [4.78, 5) is 0. The minimum absolute atomic E-state index is 0.0223. The van der Waals surface area contributed by atoms with Crippen molar-refractivity contribution in [3.63, 3.8) is 0 Å². The molecule has 0 unspecified atom stereocenters. The Hall–Kier alpha value is 0.0500. The van der Waals surface area contributed by atoms with E-state index >= 15 is 0 Å². The van der Waals surface area contributed by atoms with Gasteiger partial charge in [0.15, 0.2) is 0 Å². The quantitative estimate of drug-likeness (QED) is 0.845. The molecule has 96 valence electrons. The van der Waals surface area contributed by atoms with Gasteiger partial charge in [0.05, 0.1) is 10.4 Å². The first-order valence-corrected chi connectivity index (χ1v) is 8.37. The van der Waals surface area contributed by atoms with Crippen LogP contribution >= 0.6 is 27.3 Å². The zero-order valence-corrected chi connectivity index (χ0v) is 12.6. The summed E-state index contributed by atoms with van der Waals surface area (Å²) < 4.78 is 32.7. The standard InChI is InChI=1S/C10H14BrNO3S2/c1-15-7-8-3-2-6-12(8)17(13,14)10-5-4-9(11)16-10/h4-5,8H,2-3,6-7H2,1H3/t8-/m0/s1. The maximum Gasteiger partial charge on any atom is 0.252 e. The topological polar surface area (TPSA) is 46.6 Å². The molecule has 0 amide bonds. The highest BCUT2D eigenvalue weighted by atomic mass is 79.9. The Balaban J connectivity index is 2.26. The molecule has 0 saturated carbocycles. The molecule has 0 radical (unpaired) electrons. The molecule has 17 heavy (non-hydrogen) atoms. The molecule has 0 aromatic carbocycles. The molecule has 4 nitrogen and oxygen atoms in total. The lowest BCUT2D eigenvalue weighted by Gasteiger charge is -2.22. The van der Waals surface area contributed by atoms with Crippen LogP contribution in [0.15, 0.2) is 20.1 Å². The van der Waals surface area contributed by atoms with Gasteiger partial charge in [-0.25, -0.2) is 8.42 Å². The molecular formula is C10H14BrNO3S2. The van der Waals surface area contributed by atoms with Crippen molar-refractivity contribution >= 4 is 37.3 Å². The van der Waals surface area contributed by atoms with Crippen molar-refractivity contribution in [2.75, 3.05) is 20.3 Å². The van der Waals surface area contributed by atoms with Crippen LogP contribution < -0.4 is 0 Å². The van der Waals surface area contributed by atoms with Gasteiger partial charge in [0.25, 0.3) is 10.0 Å². The molecule has 0 bridgehead atoms. The van der Waals surface area contributed by atoms with Crippen molar-refractivity contribution < 1.29 is 13.2 Å². The fraction of sp³-hybridized carbons (Fsp3) is 0.600. The van der Waals surface area contributed by atoms with Crippen LogP contribution in [-0.2, 0) is 14.8 Å². The van der Waals surface area contributed by atoms with Crippen molar-refractivity contribution in [3.8, 4) is 0 Å². The van der Waals surface area contributed by atoms with Gasteiger partial charge in [0, 0.05) is 19.7 Å². The number of rotatable bonds is 4. The van der Waals surface area contributed by atoms with E-state index in [2.05, 4.69) is 15.9 Å². The van der Waals surface area contributed by atoms with Gasteiger partial charge < -0.3 is 4.74 Å². The molecule has 2 rings (SSSR count). The van der Waals surface area contributed by atoms with Crippen LogP contribution in [0.1, 0.15) is 12.8 Å². The fourth-order valence-corrected chi connectivity index (χ4v) is 5.85. The first-order valence-electron chi connectivity index (χ1n) is 5.32. The lowest BCUT2D eigenvalue weighted by molar-refractivity contribution is 0.149. The maximum absolute atomic E-state index is 12.4. The van der Waals surface area contributed by atoms with E-state index in [-0.39, 0.29) is 6.04 Å². The van der Waals surface area contributed by atoms with Crippen LogP contribution in [0.5, 0.6) is 0 Å². The highest BCUT2D eigenvalue weighted by Gasteiger charge is 2.35. The second-order valence-corrected chi connectivity index (χ2v) is 8.51. The minimum Gasteiger partial charge on any atom is -0.383 e. The van der Waals surface area contributed by atoms with Gasteiger partial charge in [-0.3, -0.25) is 0 Å². The van der Waals surface area contributed by atoms with Crippen LogP contribution in [0.2, 0.25) is 0 Å². The van der Waals surface area contributed by atoms with Crippen molar-refractivity contribution in [3.05, 3.63) is 15.9 Å². The predicted molar refractivity (Wildman–Crippen MR) is 70.8 cm³/mol. The summed E-state index contributed by atoms with van der Waals surface area (Å²) in [6.45, 7) is 1.05. The van der Waals surface area contributed by atoms with Crippen molar-refractivity contribution in [2.24, 2.45) is 0 Å². The average molecular weight is 340 g/mol. The second kappa shape index (κ2) is 5.36. The van der Waals surface area contributed by atoms with Crippen molar-refractivity contribution in [2.45, 2.75) is 23.1 Å². The molecule has 0 aliphatic carbocycles. The Bertz CT molecular complexity index is 485. The van der Waals surface area contributed by atoms with Gasteiger partial charge >= 0.3 is 0 Å². The van der Waals surface area contributed by atoms with Crippen molar-refractivity contribution in [1.82, 2.24) is 4.31 Å². The highest BCUT2D eigenvalue weighted by Crippen LogP contribution is 2.32. The normalized spacial score (nSPS) is 22.1. The van der Waals surface area contributed by atoms with Crippen LogP contribution in [0, 0.1) is 0 Å². The van der Waals surface area contributed by atoms with E-state index in [1.807, 2.05) is 0 Å². The molecule has 1 fully saturated rings. The first kappa shape index (κ1) is 13.5. The molecule has 1 aromatic heterocycles. The summed E-state index contributed by atoms with van der Waals surface area (Å²) in [5, 5.41) is 0. The second-order valence-electron chi connectivity index (χ2n) is 3.93. The fourth-order valence-electron chi connectivity index (χ4n) is 2.04. The lowest BCUT2D eigenvalue weighted by Crippen LogP contribution is -2.37. The molecular weight excluding hydrogens is 326 g/mol. The Morgan fingerprint density at radius 3 is 2.94 bits per heavy atom. The van der Waals surface area contributed by atoms with E-state index in [4.69, 9.17) is 4.74 Å². The van der Waals surface area contributed by atoms with E-state index in [1.54, 1.807) is 23.5 Å². The molecule has 1 aliphatic heterocycles. The first-order chi connectivity index (χ1) is 8.05. The largest absolute Gasteiger partial charge is 0.383 e. The summed E-state index contributed by atoms with van der Waals surface area (Å²) in [6.07, 6.45) is 1.78. The molecule has 1 aliphatic rings. The molecule has 1 atom stereocenters. The molecule has 0 N–H and O–H groups in total. The Kier molecular flexibility index (Phi) is 4.25. The molecule has 0 spiro atoms. The van der Waals surface area contributed by atoms with Crippen LogP contribution in [0.3, 0.4) is 0 Å². The average Bonchev–Trinajstić information content (AvgIpc) is 2.87. The molecule has 7 heteroatoms. The number of ether oxygens (including phenoxy) is 1. The number of methoxy groups -OCH3 is 1. The number of hydrogen-bond donors (Lipinski definition) is 0. The smallest absolute Gasteiger partial charge is 0.252 e. The van der Waals surface area contributed by atoms with Crippen LogP contribution in [-0.4, -0.2) is 39.0 Å². The Morgan fingerprint density at radius 2 is 2.35 bits per heavy atom. The lowest BCUT2D eigenvalue weighted by atomic mass is 10.2. The summed E-state index contributed by atoms with van der Waals surface area (Å²) in [5.41, 5.74) is 0. The number of nitrogens with zero attached hydrogens (tertiary/aromatic N) is 1. The summed E-state index contributed by atoms with van der Waals surface area (Å²) in [5.74, 6) is 0. The number of halogens is 1. The number of sulfonamides is 1. The molecule has 1 saturated heterocycles. The van der Waals surface area contributed by atoms with Crippen LogP contribution in [0.25, 0.3) is 0 Å². The number of thiophene rings is 1. The predicted octanol–water partition coefficient (Wildman–Crippen LogP) is 2.31. The van der Waals surface area contributed by atoms with E-state index in [0.717, 1.165) is 16.6 Å². The van der Waals surface area contributed by atoms with Gasteiger partial charge in [-0.1, -0.05) is 0 Å². The zero-order valence-electron chi connectivity index (χ0n) is 9.43. The van der Waals surface area contributed by atoms with E-state index < -0.39 is 10.0 Å². The highest BCUT2D eigenvalue weighted by molar-refractivity contribution is 9.11. The SMILES string of the molecule is COC[C@@H]1CCCN1S(=O)(=O)c1ccc(Br)s1. The Labute approximate surface area is 114 Å². The monoisotopic (exact) mass is 339 g/mol. The Morgan fingerprint density at radius 1 is 1.59 bits per heavy atom. The van der Waals surface area contributed by atoms with Crippen LogP contribution in [0.4, 0.5) is 0 Å². The zero-order chi connectivity index (χ0) is 12.5. The third-order valence-corrected chi connectivity index (χ3v) is 6.84. The molecule has 1 aromatic rings.